The van der Waals surface area contributed by atoms with Gasteiger partial charge in [-0.05, 0) is 31.0 Å². The second-order valence-corrected chi connectivity index (χ2v) is 9.54. The number of nitrogens with zero attached hydrogens (tertiary/aromatic N) is 2. The highest BCUT2D eigenvalue weighted by Gasteiger charge is 2.35. The van der Waals surface area contributed by atoms with Crippen LogP contribution < -0.4 is 5.73 Å². The topological polar surface area (TPSA) is 101 Å². The van der Waals surface area contributed by atoms with Crippen LogP contribution in [0.2, 0.25) is 0 Å². The molecule has 10 heteroatoms. The third-order valence-corrected chi connectivity index (χ3v) is 8.34. The second kappa shape index (κ2) is 8.79. The fraction of sp³-hybridized carbons (Fsp3) is 0.600. The Hall–Kier alpha value is -0.710. The van der Waals surface area contributed by atoms with E-state index in [0.717, 1.165) is 12.8 Å². The molecule has 0 spiro atoms. The molecule has 0 radical (unpaired) electrons. The van der Waals surface area contributed by atoms with Crippen LogP contribution in [0.4, 0.5) is 0 Å². The van der Waals surface area contributed by atoms with Gasteiger partial charge in [0, 0.05) is 32.2 Å². The number of sulfonamides is 2. The molecule has 1 heterocycles. The van der Waals surface area contributed by atoms with E-state index < -0.39 is 20.0 Å². The molecule has 1 aliphatic rings. The van der Waals surface area contributed by atoms with E-state index in [0.29, 0.717) is 19.6 Å². The van der Waals surface area contributed by atoms with E-state index in [1.54, 1.807) is 13.8 Å². The van der Waals surface area contributed by atoms with Crippen molar-refractivity contribution in [1.82, 2.24) is 8.61 Å². The summed E-state index contributed by atoms with van der Waals surface area (Å²) in [5.74, 6) is 0. The van der Waals surface area contributed by atoms with Gasteiger partial charge in [0.15, 0.2) is 0 Å². The summed E-state index contributed by atoms with van der Waals surface area (Å²) in [4.78, 5) is -0.00754. The lowest BCUT2D eigenvalue weighted by molar-refractivity contribution is 0.393. The molecule has 0 saturated carbocycles. The highest BCUT2D eigenvalue weighted by molar-refractivity contribution is 7.90. The first-order valence-corrected chi connectivity index (χ1v) is 11.0. The van der Waals surface area contributed by atoms with E-state index in [-0.39, 0.29) is 34.8 Å². The number of rotatable bonds is 7. The Morgan fingerprint density at radius 2 is 1.76 bits per heavy atom. The number of nitrogens with two attached hydrogens (primary N) is 1. The summed E-state index contributed by atoms with van der Waals surface area (Å²) in [5, 5.41) is 0. The lowest BCUT2D eigenvalue weighted by Crippen LogP contribution is -2.40. The van der Waals surface area contributed by atoms with Gasteiger partial charge in [-0.3, -0.25) is 0 Å². The Morgan fingerprint density at radius 1 is 1.16 bits per heavy atom. The predicted octanol–water partition coefficient (Wildman–Crippen LogP) is 1.25. The molecule has 25 heavy (non-hydrogen) atoms. The van der Waals surface area contributed by atoms with E-state index in [9.17, 15) is 16.8 Å². The average molecular weight is 412 g/mol. The minimum absolute atomic E-state index is 0. The maximum absolute atomic E-state index is 12.9. The Kier molecular flexibility index (Phi) is 7.85. The average Bonchev–Trinajstić information content (AvgIpc) is 3.05. The van der Waals surface area contributed by atoms with Gasteiger partial charge in [0.25, 0.3) is 0 Å². The van der Waals surface area contributed by atoms with Gasteiger partial charge >= 0.3 is 0 Å². The predicted molar refractivity (Wildman–Crippen MR) is 99.8 cm³/mol. The van der Waals surface area contributed by atoms with Crippen molar-refractivity contribution in [3.63, 3.8) is 0 Å². The van der Waals surface area contributed by atoms with Crippen molar-refractivity contribution in [3.8, 4) is 0 Å². The summed E-state index contributed by atoms with van der Waals surface area (Å²) in [5.41, 5.74) is 5.67. The lowest BCUT2D eigenvalue weighted by Gasteiger charge is -2.23. The number of benzene rings is 1. The lowest BCUT2D eigenvalue weighted by atomic mass is 10.2. The SMILES string of the molecule is CCN(CC)S(=O)(=O)c1cccc(S(=O)(=O)N2CCCC2CN)c1.Cl. The first-order chi connectivity index (χ1) is 11.3. The third-order valence-electron chi connectivity index (χ3n) is 4.35. The van der Waals surface area contributed by atoms with E-state index in [4.69, 9.17) is 5.73 Å². The van der Waals surface area contributed by atoms with Crippen molar-refractivity contribution in [3.05, 3.63) is 24.3 Å². The molecule has 1 atom stereocenters. The third kappa shape index (κ3) is 4.35. The number of hydrogen-bond acceptors (Lipinski definition) is 5. The molecule has 7 nitrogen and oxygen atoms in total. The molecule has 1 saturated heterocycles. The van der Waals surface area contributed by atoms with Gasteiger partial charge in [0.2, 0.25) is 20.0 Å². The van der Waals surface area contributed by atoms with Gasteiger partial charge in [0.05, 0.1) is 9.79 Å². The molecule has 1 aromatic rings. The molecule has 0 aromatic heterocycles. The van der Waals surface area contributed by atoms with Crippen molar-refractivity contribution in [2.24, 2.45) is 5.73 Å². The maximum Gasteiger partial charge on any atom is 0.243 e. The molecular formula is C15H26ClN3O4S2. The van der Waals surface area contributed by atoms with Crippen LogP contribution >= 0.6 is 12.4 Å². The summed E-state index contributed by atoms with van der Waals surface area (Å²) in [6.45, 7) is 4.83. The van der Waals surface area contributed by atoms with Gasteiger partial charge in [-0.1, -0.05) is 19.9 Å². The van der Waals surface area contributed by atoms with Crippen molar-refractivity contribution < 1.29 is 16.8 Å². The Bertz CT molecular complexity index is 780. The fourth-order valence-corrected chi connectivity index (χ4v) is 6.33. The highest BCUT2D eigenvalue weighted by atomic mass is 35.5. The largest absolute Gasteiger partial charge is 0.329 e. The smallest absolute Gasteiger partial charge is 0.243 e. The normalized spacial score (nSPS) is 19.1. The van der Waals surface area contributed by atoms with Crippen LogP contribution in [0.25, 0.3) is 0 Å². The van der Waals surface area contributed by atoms with Crippen LogP contribution in [0.1, 0.15) is 26.7 Å². The van der Waals surface area contributed by atoms with Crippen molar-refractivity contribution in [1.29, 1.82) is 0 Å². The van der Waals surface area contributed by atoms with Gasteiger partial charge in [-0.2, -0.15) is 8.61 Å². The molecule has 1 aromatic carbocycles. The summed E-state index contributed by atoms with van der Waals surface area (Å²) < 4.78 is 53.6. The minimum Gasteiger partial charge on any atom is -0.329 e. The zero-order chi connectivity index (χ0) is 18.0. The van der Waals surface area contributed by atoms with Crippen molar-refractivity contribution in [2.45, 2.75) is 42.5 Å². The minimum atomic E-state index is -3.75. The van der Waals surface area contributed by atoms with Gasteiger partial charge in [0.1, 0.15) is 0 Å². The summed E-state index contributed by atoms with van der Waals surface area (Å²) in [6, 6.07) is 5.35. The Labute approximate surface area is 156 Å². The summed E-state index contributed by atoms with van der Waals surface area (Å²) in [7, 11) is -7.45. The van der Waals surface area contributed by atoms with Crippen LogP contribution in [-0.2, 0) is 20.0 Å². The van der Waals surface area contributed by atoms with Crippen molar-refractivity contribution in [2.75, 3.05) is 26.2 Å². The van der Waals surface area contributed by atoms with E-state index >= 15 is 0 Å². The zero-order valence-corrected chi connectivity index (χ0v) is 16.9. The number of hydrogen-bond donors (Lipinski definition) is 1. The second-order valence-electron chi connectivity index (χ2n) is 5.71. The quantitative estimate of drug-likeness (QED) is 0.727. The summed E-state index contributed by atoms with van der Waals surface area (Å²) in [6.07, 6.45) is 1.49. The van der Waals surface area contributed by atoms with E-state index in [2.05, 4.69) is 0 Å². The van der Waals surface area contributed by atoms with E-state index in [1.165, 1.54) is 32.9 Å². The molecule has 2 rings (SSSR count). The Balaban J connectivity index is 0.00000312. The van der Waals surface area contributed by atoms with Crippen molar-refractivity contribution >= 4 is 32.5 Å². The molecule has 144 valence electrons. The monoisotopic (exact) mass is 411 g/mol. The van der Waals surface area contributed by atoms with Crippen LogP contribution in [0.15, 0.2) is 34.1 Å². The molecular weight excluding hydrogens is 386 g/mol. The van der Waals surface area contributed by atoms with Crippen LogP contribution in [0.5, 0.6) is 0 Å². The molecule has 2 N–H and O–H groups in total. The first kappa shape index (κ1) is 22.3. The Morgan fingerprint density at radius 3 is 2.32 bits per heavy atom. The van der Waals surface area contributed by atoms with Gasteiger partial charge < -0.3 is 5.73 Å². The van der Waals surface area contributed by atoms with Gasteiger partial charge in [-0.25, -0.2) is 16.8 Å². The molecule has 1 aliphatic heterocycles. The molecule has 1 unspecified atom stereocenters. The molecule has 0 amide bonds. The van der Waals surface area contributed by atoms with E-state index in [1.807, 2.05) is 0 Å². The van der Waals surface area contributed by atoms with Crippen LogP contribution in [-0.4, -0.2) is 57.7 Å². The van der Waals surface area contributed by atoms with Crippen LogP contribution in [0.3, 0.4) is 0 Å². The zero-order valence-electron chi connectivity index (χ0n) is 14.5. The van der Waals surface area contributed by atoms with Gasteiger partial charge in [-0.15, -0.1) is 12.4 Å². The molecule has 1 fully saturated rings. The summed E-state index contributed by atoms with van der Waals surface area (Å²) >= 11 is 0. The van der Waals surface area contributed by atoms with Crippen LogP contribution in [0, 0.1) is 0 Å². The first-order valence-electron chi connectivity index (χ1n) is 8.11. The standard InChI is InChI=1S/C15H25N3O4S2.ClH/c1-3-17(4-2)23(19,20)14-8-5-9-15(11-14)24(21,22)18-10-6-7-13(18)12-16;/h5,8-9,11,13H,3-4,6-7,10,12,16H2,1-2H3;1H. The number of halogens is 1. The molecule has 0 bridgehead atoms. The highest BCUT2D eigenvalue weighted by Crippen LogP contribution is 2.27. The maximum atomic E-state index is 12.9. The molecule has 0 aliphatic carbocycles. The fourth-order valence-electron chi connectivity index (χ4n) is 3.00.